The molecule has 5 heteroatoms. The van der Waals surface area contributed by atoms with Gasteiger partial charge >= 0.3 is 0 Å². The van der Waals surface area contributed by atoms with Crippen LogP contribution in [0.25, 0.3) is 0 Å². The monoisotopic (exact) mass is 327 g/mol. The Morgan fingerprint density at radius 2 is 2.10 bits per heavy atom. The van der Waals surface area contributed by atoms with Gasteiger partial charge in [-0.15, -0.1) is 11.8 Å². The number of nitrogens with one attached hydrogen (secondary N) is 1. The van der Waals surface area contributed by atoms with E-state index in [1.54, 1.807) is 0 Å². The molecule has 3 atom stereocenters. The Kier molecular flexibility index (Phi) is 5.74. The molecule has 1 aromatic carbocycles. The molecule has 3 nitrogen and oxygen atoms in total. The van der Waals surface area contributed by atoms with Gasteiger partial charge in [0, 0.05) is 22.4 Å². The van der Waals surface area contributed by atoms with Crippen molar-refractivity contribution in [3.63, 3.8) is 0 Å². The van der Waals surface area contributed by atoms with Gasteiger partial charge in [-0.2, -0.15) is 0 Å². The predicted molar refractivity (Wildman–Crippen MR) is 90.7 cm³/mol. The second-order valence-electron chi connectivity index (χ2n) is 5.94. The maximum atomic E-state index is 11.7. The molecule has 1 fully saturated rings. The quantitative estimate of drug-likeness (QED) is 0.900. The SMILES string of the molecule is CNC(C)c1cccc(SC2CCCC(S(C)(=O)=O)C2)c1. The Hall–Kier alpha value is -0.520. The first kappa shape index (κ1) is 16.8. The summed E-state index contributed by atoms with van der Waals surface area (Å²) in [5, 5.41) is 3.52. The fraction of sp³-hybridized carbons (Fsp3) is 0.625. The van der Waals surface area contributed by atoms with Gasteiger partial charge in [0.25, 0.3) is 0 Å². The summed E-state index contributed by atoms with van der Waals surface area (Å²) in [4.78, 5) is 1.24. The lowest BCUT2D eigenvalue weighted by Gasteiger charge is -2.27. The van der Waals surface area contributed by atoms with Crippen LogP contribution in [-0.4, -0.2) is 32.2 Å². The number of rotatable bonds is 5. The van der Waals surface area contributed by atoms with Crippen LogP contribution in [0, 0.1) is 0 Å². The highest BCUT2D eigenvalue weighted by atomic mass is 32.2. The molecule has 1 aliphatic carbocycles. The largest absolute Gasteiger partial charge is 0.313 e. The van der Waals surface area contributed by atoms with Crippen LogP contribution in [0.3, 0.4) is 0 Å². The van der Waals surface area contributed by atoms with Crippen molar-refractivity contribution in [2.45, 2.75) is 54.0 Å². The lowest BCUT2D eigenvalue weighted by Crippen LogP contribution is -2.28. The van der Waals surface area contributed by atoms with Crippen molar-refractivity contribution in [1.29, 1.82) is 0 Å². The lowest BCUT2D eigenvalue weighted by atomic mass is 10.00. The van der Waals surface area contributed by atoms with Gasteiger partial charge in [0.1, 0.15) is 9.84 Å². The third-order valence-corrected chi connectivity index (χ3v) is 7.20. The van der Waals surface area contributed by atoms with Gasteiger partial charge in [0.05, 0.1) is 5.25 Å². The van der Waals surface area contributed by atoms with E-state index in [1.165, 1.54) is 16.7 Å². The molecule has 0 aliphatic heterocycles. The molecule has 0 spiro atoms. The van der Waals surface area contributed by atoms with Crippen LogP contribution in [0.4, 0.5) is 0 Å². The van der Waals surface area contributed by atoms with Gasteiger partial charge in [-0.3, -0.25) is 0 Å². The Morgan fingerprint density at radius 3 is 2.76 bits per heavy atom. The summed E-state index contributed by atoms with van der Waals surface area (Å²) in [5.74, 6) is 0. The summed E-state index contributed by atoms with van der Waals surface area (Å²) in [6, 6.07) is 8.89. The van der Waals surface area contributed by atoms with E-state index in [4.69, 9.17) is 0 Å². The van der Waals surface area contributed by atoms with Crippen molar-refractivity contribution in [1.82, 2.24) is 5.32 Å². The zero-order valence-electron chi connectivity index (χ0n) is 13.0. The zero-order chi connectivity index (χ0) is 15.5. The molecular weight excluding hydrogens is 302 g/mol. The fourth-order valence-corrected chi connectivity index (χ4v) is 5.47. The molecule has 2 rings (SSSR count). The van der Waals surface area contributed by atoms with E-state index in [9.17, 15) is 8.42 Å². The van der Waals surface area contributed by atoms with Crippen LogP contribution < -0.4 is 5.32 Å². The highest BCUT2D eigenvalue weighted by molar-refractivity contribution is 8.00. The van der Waals surface area contributed by atoms with Crippen LogP contribution in [0.5, 0.6) is 0 Å². The van der Waals surface area contributed by atoms with Crippen LogP contribution in [-0.2, 0) is 9.84 Å². The van der Waals surface area contributed by atoms with E-state index >= 15 is 0 Å². The number of benzene rings is 1. The molecule has 0 saturated heterocycles. The lowest BCUT2D eigenvalue weighted by molar-refractivity contribution is 0.495. The Balaban J connectivity index is 2.04. The van der Waals surface area contributed by atoms with Gasteiger partial charge in [-0.25, -0.2) is 8.42 Å². The molecule has 3 unspecified atom stereocenters. The molecule has 0 radical (unpaired) electrons. The summed E-state index contributed by atoms with van der Waals surface area (Å²) in [6.07, 6.45) is 5.12. The first-order chi connectivity index (χ1) is 9.90. The smallest absolute Gasteiger partial charge is 0.150 e. The molecule has 0 aromatic heterocycles. The Morgan fingerprint density at radius 1 is 1.33 bits per heavy atom. The summed E-state index contributed by atoms with van der Waals surface area (Å²) in [6.45, 7) is 2.14. The molecule has 118 valence electrons. The molecule has 1 saturated carbocycles. The van der Waals surface area contributed by atoms with E-state index in [-0.39, 0.29) is 5.25 Å². The predicted octanol–water partition coefficient (Wildman–Crippen LogP) is 3.41. The van der Waals surface area contributed by atoms with Gasteiger partial charge in [0.15, 0.2) is 0 Å². The summed E-state index contributed by atoms with van der Waals surface area (Å²) in [5.41, 5.74) is 1.28. The van der Waals surface area contributed by atoms with E-state index in [2.05, 4.69) is 36.5 Å². The van der Waals surface area contributed by atoms with Crippen LogP contribution in [0.15, 0.2) is 29.2 Å². The number of thioether (sulfide) groups is 1. The van der Waals surface area contributed by atoms with Gasteiger partial charge in [-0.05, 0) is 50.9 Å². The van der Waals surface area contributed by atoms with Crippen molar-refractivity contribution in [2.75, 3.05) is 13.3 Å². The standard InChI is InChI=1S/C16H25NO2S2/c1-12(17-2)13-6-4-7-14(10-13)20-15-8-5-9-16(11-15)21(3,18)19/h4,6-7,10,12,15-17H,5,8-9,11H2,1-3H3. The normalized spacial score (nSPS) is 24.7. The summed E-state index contributed by atoms with van der Waals surface area (Å²) in [7, 11) is -0.939. The summed E-state index contributed by atoms with van der Waals surface area (Å²) < 4.78 is 23.5. The molecule has 0 heterocycles. The average molecular weight is 328 g/mol. The second-order valence-corrected chi connectivity index (χ2v) is 9.64. The van der Waals surface area contributed by atoms with Gasteiger partial charge in [-0.1, -0.05) is 18.6 Å². The van der Waals surface area contributed by atoms with Crippen molar-refractivity contribution < 1.29 is 8.42 Å². The van der Waals surface area contributed by atoms with Gasteiger partial charge < -0.3 is 5.32 Å². The highest BCUT2D eigenvalue weighted by Crippen LogP contribution is 2.36. The van der Waals surface area contributed by atoms with E-state index < -0.39 is 9.84 Å². The molecule has 1 aromatic rings. The molecule has 0 amide bonds. The third-order valence-electron chi connectivity index (χ3n) is 4.28. The molecule has 1 N–H and O–H groups in total. The zero-order valence-corrected chi connectivity index (χ0v) is 14.6. The number of hydrogen-bond acceptors (Lipinski definition) is 4. The summed E-state index contributed by atoms with van der Waals surface area (Å²) >= 11 is 1.83. The molecule has 0 bridgehead atoms. The minimum atomic E-state index is -2.90. The van der Waals surface area contributed by atoms with Crippen molar-refractivity contribution in [3.8, 4) is 0 Å². The maximum absolute atomic E-state index is 11.7. The first-order valence-corrected chi connectivity index (χ1v) is 10.4. The fourth-order valence-electron chi connectivity index (χ4n) is 2.81. The third kappa shape index (κ3) is 4.73. The second kappa shape index (κ2) is 7.16. The molecular formula is C16H25NO2S2. The van der Waals surface area contributed by atoms with E-state index in [0.29, 0.717) is 11.3 Å². The van der Waals surface area contributed by atoms with Crippen molar-refractivity contribution in [2.24, 2.45) is 0 Å². The van der Waals surface area contributed by atoms with Gasteiger partial charge in [0.2, 0.25) is 0 Å². The highest BCUT2D eigenvalue weighted by Gasteiger charge is 2.29. The van der Waals surface area contributed by atoms with E-state index in [0.717, 1.165) is 25.7 Å². The first-order valence-electron chi connectivity index (χ1n) is 7.53. The number of hydrogen-bond donors (Lipinski definition) is 1. The van der Waals surface area contributed by atoms with Crippen LogP contribution >= 0.6 is 11.8 Å². The minimum Gasteiger partial charge on any atom is -0.313 e. The van der Waals surface area contributed by atoms with Crippen molar-refractivity contribution in [3.05, 3.63) is 29.8 Å². The number of sulfone groups is 1. The van der Waals surface area contributed by atoms with E-state index in [1.807, 2.05) is 18.8 Å². The van der Waals surface area contributed by atoms with Crippen LogP contribution in [0.2, 0.25) is 0 Å². The van der Waals surface area contributed by atoms with Crippen LogP contribution in [0.1, 0.15) is 44.2 Å². The minimum absolute atomic E-state index is 0.150. The maximum Gasteiger partial charge on any atom is 0.150 e. The topological polar surface area (TPSA) is 46.2 Å². The van der Waals surface area contributed by atoms with Crippen molar-refractivity contribution >= 4 is 21.6 Å². The molecule has 21 heavy (non-hydrogen) atoms. The Labute approximate surface area is 132 Å². The Bertz CT molecular complexity index is 571. The average Bonchev–Trinajstić information content (AvgIpc) is 2.46. The molecule has 1 aliphatic rings.